The number of imidazole rings is 1. The van der Waals surface area contributed by atoms with Gasteiger partial charge in [0.2, 0.25) is 0 Å². The summed E-state index contributed by atoms with van der Waals surface area (Å²) in [7, 11) is 0. The third kappa shape index (κ3) is 2.93. The lowest BCUT2D eigenvalue weighted by atomic mass is 10.2. The normalized spacial score (nSPS) is 11.2. The summed E-state index contributed by atoms with van der Waals surface area (Å²) in [5.74, 6) is 0.639. The smallest absolute Gasteiger partial charge is 0.139 e. The van der Waals surface area contributed by atoms with Gasteiger partial charge in [0.15, 0.2) is 0 Å². The molecule has 6 heteroatoms. The Morgan fingerprint density at radius 2 is 1.90 bits per heavy atom. The number of halogens is 4. The molecule has 21 heavy (non-hydrogen) atoms. The van der Waals surface area contributed by atoms with Crippen LogP contribution in [-0.4, -0.2) is 9.55 Å². The maximum Gasteiger partial charge on any atom is 0.139 e. The van der Waals surface area contributed by atoms with Crippen LogP contribution in [0.25, 0.3) is 11.0 Å². The van der Waals surface area contributed by atoms with Gasteiger partial charge in [0.25, 0.3) is 0 Å². The summed E-state index contributed by atoms with van der Waals surface area (Å²) in [5.41, 5.74) is 2.51. The van der Waals surface area contributed by atoms with E-state index in [0.717, 1.165) is 11.1 Å². The Labute approximate surface area is 139 Å². The molecule has 0 amide bonds. The van der Waals surface area contributed by atoms with Gasteiger partial charge in [0, 0.05) is 17.6 Å². The molecule has 0 spiro atoms. The van der Waals surface area contributed by atoms with Gasteiger partial charge in [0.05, 0.1) is 21.4 Å². The molecule has 1 aromatic heterocycles. The number of nitrogens with zero attached hydrogens (tertiary/aromatic N) is 2. The third-order valence-electron chi connectivity index (χ3n) is 3.24. The minimum absolute atomic E-state index is 0.265. The minimum atomic E-state index is -0.334. The summed E-state index contributed by atoms with van der Waals surface area (Å²) in [4.78, 5) is 4.39. The van der Waals surface area contributed by atoms with Crippen molar-refractivity contribution in [3.05, 3.63) is 63.1 Å². The fraction of sp³-hybridized carbons (Fsp3) is 0.133. The van der Waals surface area contributed by atoms with Gasteiger partial charge < -0.3 is 4.57 Å². The van der Waals surface area contributed by atoms with Gasteiger partial charge in [-0.2, -0.15) is 0 Å². The predicted octanol–water partition coefficient (Wildman–Crippen LogP) is 5.38. The van der Waals surface area contributed by atoms with Crippen LogP contribution in [0.3, 0.4) is 0 Å². The predicted molar refractivity (Wildman–Crippen MR) is 87.5 cm³/mol. The maximum absolute atomic E-state index is 13.6. The van der Waals surface area contributed by atoms with E-state index < -0.39 is 0 Å². The van der Waals surface area contributed by atoms with E-state index in [-0.39, 0.29) is 11.7 Å². The summed E-state index contributed by atoms with van der Waals surface area (Å²) in [6, 6.07) is 10.7. The molecule has 0 radical (unpaired) electrons. The average molecular weight is 388 g/mol. The van der Waals surface area contributed by atoms with E-state index in [0.29, 0.717) is 27.4 Å². The summed E-state index contributed by atoms with van der Waals surface area (Å²) in [5, 5.41) is 0.691. The standard InChI is InChI=1S/C15H10BrCl2FN2/c16-11-5-14-13(6-12(11)19)20-15(7-17)21(14)8-9-1-3-10(18)4-2-9/h1-6H,7-8H2. The van der Waals surface area contributed by atoms with Gasteiger partial charge in [-0.15, -0.1) is 11.6 Å². The summed E-state index contributed by atoms with van der Waals surface area (Å²) < 4.78 is 16.0. The Balaban J connectivity index is 2.11. The van der Waals surface area contributed by atoms with Gasteiger partial charge in [-0.05, 0) is 39.7 Å². The molecular weight excluding hydrogens is 378 g/mol. The zero-order valence-electron chi connectivity index (χ0n) is 10.8. The number of benzene rings is 2. The van der Waals surface area contributed by atoms with Gasteiger partial charge >= 0.3 is 0 Å². The Kier molecular flexibility index (Phi) is 4.20. The first-order valence-electron chi connectivity index (χ1n) is 6.23. The lowest BCUT2D eigenvalue weighted by Gasteiger charge is -2.08. The highest BCUT2D eigenvalue weighted by Crippen LogP contribution is 2.26. The average Bonchev–Trinajstić information content (AvgIpc) is 2.79. The first-order valence-corrected chi connectivity index (χ1v) is 7.93. The second-order valence-electron chi connectivity index (χ2n) is 4.63. The zero-order chi connectivity index (χ0) is 15.0. The first-order chi connectivity index (χ1) is 10.1. The number of hydrogen-bond acceptors (Lipinski definition) is 1. The molecule has 0 N–H and O–H groups in total. The van der Waals surface area contributed by atoms with Crippen LogP contribution in [0.1, 0.15) is 11.4 Å². The van der Waals surface area contributed by atoms with E-state index >= 15 is 0 Å². The van der Waals surface area contributed by atoms with Crippen molar-refractivity contribution in [1.29, 1.82) is 0 Å². The molecule has 0 aliphatic rings. The third-order valence-corrected chi connectivity index (χ3v) is 4.34. The van der Waals surface area contributed by atoms with Gasteiger partial charge in [-0.1, -0.05) is 23.7 Å². The molecule has 0 fully saturated rings. The van der Waals surface area contributed by atoms with Crippen molar-refractivity contribution >= 4 is 50.2 Å². The van der Waals surface area contributed by atoms with Crippen LogP contribution >= 0.6 is 39.1 Å². The van der Waals surface area contributed by atoms with Crippen LogP contribution in [0.4, 0.5) is 4.39 Å². The molecule has 0 bridgehead atoms. The number of fused-ring (bicyclic) bond motifs is 1. The first kappa shape index (κ1) is 14.8. The Morgan fingerprint density at radius 3 is 2.57 bits per heavy atom. The van der Waals surface area contributed by atoms with Crippen LogP contribution in [0, 0.1) is 5.82 Å². The van der Waals surface area contributed by atoms with Crippen molar-refractivity contribution in [3.8, 4) is 0 Å². The van der Waals surface area contributed by atoms with E-state index in [4.69, 9.17) is 23.2 Å². The van der Waals surface area contributed by atoms with E-state index in [9.17, 15) is 4.39 Å². The van der Waals surface area contributed by atoms with Crippen molar-refractivity contribution in [2.75, 3.05) is 0 Å². The van der Waals surface area contributed by atoms with Crippen LogP contribution in [0.5, 0.6) is 0 Å². The van der Waals surface area contributed by atoms with E-state index in [1.807, 2.05) is 28.8 Å². The molecule has 3 aromatic rings. The molecule has 0 saturated carbocycles. The maximum atomic E-state index is 13.6. The molecule has 0 aliphatic carbocycles. The van der Waals surface area contributed by atoms with Gasteiger partial charge in [0.1, 0.15) is 11.6 Å². The van der Waals surface area contributed by atoms with Crippen molar-refractivity contribution < 1.29 is 4.39 Å². The Hall–Kier alpha value is -1.10. The quantitative estimate of drug-likeness (QED) is 0.551. The molecule has 0 saturated heterocycles. The molecule has 0 unspecified atom stereocenters. The molecule has 0 atom stereocenters. The highest BCUT2D eigenvalue weighted by atomic mass is 79.9. The largest absolute Gasteiger partial charge is 0.322 e. The molecule has 2 nitrogen and oxygen atoms in total. The number of hydrogen-bond donors (Lipinski definition) is 0. The molecule has 1 heterocycles. The molecule has 108 valence electrons. The number of aromatic nitrogens is 2. The van der Waals surface area contributed by atoms with Crippen molar-refractivity contribution in [1.82, 2.24) is 9.55 Å². The monoisotopic (exact) mass is 386 g/mol. The van der Waals surface area contributed by atoms with Crippen LogP contribution in [-0.2, 0) is 12.4 Å². The fourth-order valence-corrected chi connectivity index (χ4v) is 2.88. The molecule has 2 aromatic carbocycles. The Morgan fingerprint density at radius 1 is 1.19 bits per heavy atom. The highest BCUT2D eigenvalue weighted by Gasteiger charge is 2.13. The topological polar surface area (TPSA) is 17.8 Å². The minimum Gasteiger partial charge on any atom is -0.322 e. The van der Waals surface area contributed by atoms with Crippen LogP contribution in [0.2, 0.25) is 5.02 Å². The van der Waals surface area contributed by atoms with Gasteiger partial charge in [-0.25, -0.2) is 9.37 Å². The summed E-state index contributed by atoms with van der Waals surface area (Å²) >= 11 is 15.1. The second-order valence-corrected chi connectivity index (χ2v) is 6.19. The summed E-state index contributed by atoms with van der Waals surface area (Å²) in [6.45, 7) is 0.605. The highest BCUT2D eigenvalue weighted by molar-refractivity contribution is 9.10. The lowest BCUT2D eigenvalue weighted by molar-refractivity contribution is 0.622. The molecule has 3 rings (SSSR count). The van der Waals surface area contributed by atoms with E-state index in [1.54, 1.807) is 6.07 Å². The SMILES string of the molecule is Fc1cc2nc(CCl)n(Cc3ccc(Cl)cc3)c2cc1Br. The van der Waals surface area contributed by atoms with Crippen LogP contribution < -0.4 is 0 Å². The fourth-order valence-electron chi connectivity index (χ4n) is 2.22. The van der Waals surface area contributed by atoms with Crippen molar-refractivity contribution in [2.45, 2.75) is 12.4 Å². The van der Waals surface area contributed by atoms with E-state index in [1.165, 1.54) is 6.07 Å². The summed E-state index contributed by atoms with van der Waals surface area (Å²) in [6.07, 6.45) is 0. The number of alkyl halides is 1. The number of rotatable bonds is 3. The van der Waals surface area contributed by atoms with Gasteiger partial charge in [-0.3, -0.25) is 0 Å². The lowest BCUT2D eigenvalue weighted by Crippen LogP contribution is -2.03. The van der Waals surface area contributed by atoms with E-state index in [2.05, 4.69) is 20.9 Å². The Bertz CT molecular complexity index is 800. The molecular formula is C15H10BrCl2FN2. The zero-order valence-corrected chi connectivity index (χ0v) is 13.9. The van der Waals surface area contributed by atoms with Crippen molar-refractivity contribution in [2.24, 2.45) is 0 Å². The van der Waals surface area contributed by atoms with Crippen molar-refractivity contribution in [3.63, 3.8) is 0 Å². The molecule has 0 aliphatic heterocycles. The van der Waals surface area contributed by atoms with Crippen LogP contribution in [0.15, 0.2) is 40.9 Å². The second kappa shape index (κ2) is 5.95.